The molecule has 2 aliphatic rings. The number of hydrogen-bond donors (Lipinski definition) is 3. The number of nitrogens with zero attached hydrogens (tertiary/aromatic N) is 3. The molecule has 170 valence electrons. The molecule has 1 aromatic rings. The van der Waals surface area contributed by atoms with E-state index in [4.69, 9.17) is 26.8 Å². The molecule has 4 N–H and O–H groups in total. The summed E-state index contributed by atoms with van der Waals surface area (Å²) in [5.74, 6) is 0.472. The van der Waals surface area contributed by atoms with Gasteiger partial charge in [0, 0.05) is 51.8 Å². The van der Waals surface area contributed by atoms with Crippen molar-refractivity contribution in [2.24, 2.45) is 5.73 Å². The third kappa shape index (κ3) is 6.16. The number of nitrogens with two attached hydrogens (primary N) is 1. The van der Waals surface area contributed by atoms with Crippen molar-refractivity contribution < 1.29 is 14.3 Å². The number of hydrogen-bond acceptors (Lipinski definition) is 8. The lowest BCUT2D eigenvalue weighted by molar-refractivity contribution is -0.120. The topological polar surface area (TPSA) is 115 Å². The number of alkyl halides is 1. The first kappa shape index (κ1) is 23.5. The molecule has 2 heterocycles. The molecule has 0 saturated carbocycles. The van der Waals surface area contributed by atoms with Crippen molar-refractivity contribution in [2.45, 2.75) is 36.5 Å². The number of aromatic nitrogens is 2. The highest BCUT2D eigenvalue weighted by Crippen LogP contribution is 2.31. The van der Waals surface area contributed by atoms with Gasteiger partial charge in [0.1, 0.15) is 0 Å². The standard InChI is InChI=1S/C21H31ClN6O3/c1-30-17-14-28(11-4-10-26-20-24-8-3-9-25-20)12-7-16(17)27-19(29)15-5-6-18(23)21(22,13-15)31-2/h3,6,8-9,13,16-17H,4-5,7,10-12,14,23H2,1-2H3,(H,27,29)(H,24,25,26). The van der Waals surface area contributed by atoms with Gasteiger partial charge in [0.2, 0.25) is 16.9 Å². The van der Waals surface area contributed by atoms with Crippen molar-refractivity contribution >= 4 is 23.5 Å². The Bertz CT molecular complexity index is 806. The SMILES string of the molecule is COC1CN(CCCNc2ncccn2)CCC1NC(=O)C1=CC(Cl)(OC)C(N)=CC1. The summed E-state index contributed by atoms with van der Waals surface area (Å²) in [7, 11) is 3.14. The summed E-state index contributed by atoms with van der Waals surface area (Å²) in [6.07, 6.45) is 8.84. The second-order valence-electron chi connectivity index (χ2n) is 7.68. The van der Waals surface area contributed by atoms with Crippen LogP contribution < -0.4 is 16.4 Å². The Morgan fingerprint density at radius 2 is 2.16 bits per heavy atom. The number of likely N-dealkylation sites (tertiary alicyclic amines) is 1. The number of carbonyl (C=O) groups is 1. The van der Waals surface area contributed by atoms with Gasteiger partial charge in [0.05, 0.1) is 17.8 Å². The molecule has 3 atom stereocenters. The highest BCUT2D eigenvalue weighted by Gasteiger charge is 2.35. The second kappa shape index (κ2) is 10.9. The fourth-order valence-electron chi connectivity index (χ4n) is 3.80. The normalized spacial score (nSPS) is 26.7. The van der Waals surface area contributed by atoms with Crippen LogP contribution in [-0.2, 0) is 14.3 Å². The molecule has 1 saturated heterocycles. The molecule has 1 fully saturated rings. The predicted molar refractivity (Wildman–Crippen MR) is 119 cm³/mol. The maximum absolute atomic E-state index is 12.8. The van der Waals surface area contributed by atoms with E-state index >= 15 is 0 Å². The number of allylic oxidation sites excluding steroid dienone is 1. The van der Waals surface area contributed by atoms with Gasteiger partial charge in [-0.2, -0.15) is 0 Å². The summed E-state index contributed by atoms with van der Waals surface area (Å²) in [4.78, 5) is 23.5. The molecule has 1 aromatic heterocycles. The van der Waals surface area contributed by atoms with Gasteiger partial charge in [-0.15, -0.1) is 0 Å². The molecule has 31 heavy (non-hydrogen) atoms. The van der Waals surface area contributed by atoms with Crippen LogP contribution >= 0.6 is 11.6 Å². The van der Waals surface area contributed by atoms with Gasteiger partial charge in [-0.3, -0.25) is 4.79 Å². The van der Waals surface area contributed by atoms with Crippen LogP contribution in [0.1, 0.15) is 19.3 Å². The Balaban J connectivity index is 1.46. The zero-order valence-electron chi connectivity index (χ0n) is 18.0. The van der Waals surface area contributed by atoms with Gasteiger partial charge in [-0.25, -0.2) is 9.97 Å². The van der Waals surface area contributed by atoms with E-state index in [-0.39, 0.29) is 18.1 Å². The Labute approximate surface area is 188 Å². The summed E-state index contributed by atoms with van der Waals surface area (Å²) >= 11 is 6.35. The first-order valence-electron chi connectivity index (χ1n) is 10.4. The maximum Gasteiger partial charge on any atom is 0.247 e. The zero-order chi connectivity index (χ0) is 22.3. The van der Waals surface area contributed by atoms with E-state index in [1.165, 1.54) is 7.11 Å². The van der Waals surface area contributed by atoms with Crippen LogP contribution in [0.2, 0.25) is 0 Å². The van der Waals surface area contributed by atoms with Gasteiger partial charge in [0.15, 0.2) is 0 Å². The quantitative estimate of drug-likeness (QED) is 0.380. The van der Waals surface area contributed by atoms with Gasteiger partial charge in [0.25, 0.3) is 0 Å². The van der Waals surface area contributed by atoms with Crippen LogP contribution in [0, 0.1) is 0 Å². The van der Waals surface area contributed by atoms with Gasteiger partial charge in [-0.1, -0.05) is 17.7 Å². The van der Waals surface area contributed by atoms with Gasteiger partial charge >= 0.3 is 0 Å². The fraction of sp³-hybridized carbons (Fsp3) is 0.571. The van der Waals surface area contributed by atoms with Crippen molar-refractivity contribution in [2.75, 3.05) is 45.7 Å². The number of carbonyl (C=O) groups excluding carboxylic acids is 1. The molecule has 3 rings (SSSR count). The Hall–Kier alpha value is -2.20. The molecule has 1 amide bonds. The van der Waals surface area contributed by atoms with Crippen LogP contribution in [0.5, 0.6) is 0 Å². The van der Waals surface area contributed by atoms with Gasteiger partial charge < -0.3 is 30.7 Å². The lowest BCUT2D eigenvalue weighted by Crippen LogP contribution is -2.55. The molecule has 0 spiro atoms. The number of amides is 1. The van der Waals surface area contributed by atoms with E-state index in [0.29, 0.717) is 23.6 Å². The monoisotopic (exact) mass is 450 g/mol. The smallest absolute Gasteiger partial charge is 0.247 e. The predicted octanol–water partition coefficient (Wildman–Crippen LogP) is 1.24. The third-order valence-corrected chi connectivity index (χ3v) is 6.13. The van der Waals surface area contributed by atoms with Crippen molar-refractivity contribution in [3.8, 4) is 0 Å². The Morgan fingerprint density at radius 1 is 1.39 bits per heavy atom. The minimum absolute atomic E-state index is 0.0685. The van der Waals surface area contributed by atoms with E-state index < -0.39 is 5.06 Å². The lowest BCUT2D eigenvalue weighted by Gasteiger charge is -2.38. The third-order valence-electron chi connectivity index (χ3n) is 5.65. The lowest BCUT2D eigenvalue weighted by atomic mass is 9.97. The summed E-state index contributed by atoms with van der Waals surface area (Å²) in [6, 6.07) is 1.72. The molecule has 1 aliphatic heterocycles. The van der Waals surface area contributed by atoms with E-state index in [2.05, 4.69) is 25.5 Å². The van der Waals surface area contributed by atoms with Crippen molar-refractivity contribution in [3.05, 3.63) is 41.9 Å². The van der Waals surface area contributed by atoms with Crippen LogP contribution in [0.3, 0.4) is 0 Å². The zero-order valence-corrected chi connectivity index (χ0v) is 18.8. The van der Waals surface area contributed by atoms with Crippen molar-refractivity contribution in [1.29, 1.82) is 0 Å². The highest BCUT2D eigenvalue weighted by molar-refractivity contribution is 6.26. The number of nitrogens with one attached hydrogen (secondary N) is 2. The Morgan fingerprint density at radius 3 is 2.87 bits per heavy atom. The van der Waals surface area contributed by atoms with Crippen molar-refractivity contribution in [3.63, 3.8) is 0 Å². The average Bonchev–Trinajstić information content (AvgIpc) is 2.80. The maximum atomic E-state index is 12.8. The van der Waals surface area contributed by atoms with Crippen LogP contribution in [0.15, 0.2) is 41.9 Å². The highest BCUT2D eigenvalue weighted by atomic mass is 35.5. The number of halogens is 1. The fourth-order valence-corrected chi connectivity index (χ4v) is 4.01. The second-order valence-corrected chi connectivity index (χ2v) is 8.24. The van der Waals surface area contributed by atoms with Crippen LogP contribution in [-0.4, -0.2) is 78.4 Å². The molecule has 0 aromatic carbocycles. The van der Waals surface area contributed by atoms with Crippen molar-refractivity contribution in [1.82, 2.24) is 20.2 Å². The largest absolute Gasteiger partial charge is 0.399 e. The minimum atomic E-state index is -1.27. The number of rotatable bonds is 9. The summed E-state index contributed by atoms with van der Waals surface area (Å²) in [5.41, 5.74) is 6.84. The van der Waals surface area contributed by atoms with E-state index in [0.717, 1.165) is 39.0 Å². The Kier molecular flexibility index (Phi) is 8.25. The summed E-state index contributed by atoms with van der Waals surface area (Å²) in [5, 5.41) is 5.05. The molecule has 9 nitrogen and oxygen atoms in total. The number of piperidine rings is 1. The van der Waals surface area contributed by atoms with E-state index in [1.807, 2.05) is 0 Å². The molecular formula is C21H31ClN6O3. The average molecular weight is 451 g/mol. The first-order chi connectivity index (χ1) is 14.9. The summed E-state index contributed by atoms with van der Waals surface area (Å²) in [6.45, 7) is 3.36. The summed E-state index contributed by atoms with van der Waals surface area (Å²) < 4.78 is 10.9. The molecule has 3 unspecified atom stereocenters. The molecule has 0 radical (unpaired) electrons. The van der Waals surface area contributed by atoms with E-state index in [9.17, 15) is 4.79 Å². The number of anilines is 1. The first-order valence-corrected chi connectivity index (χ1v) is 10.8. The molecule has 10 heteroatoms. The van der Waals surface area contributed by atoms with Gasteiger partial charge in [-0.05, 0) is 37.9 Å². The van der Waals surface area contributed by atoms with Crippen LogP contribution in [0.4, 0.5) is 5.95 Å². The minimum Gasteiger partial charge on any atom is -0.399 e. The number of ether oxygens (including phenoxy) is 2. The van der Waals surface area contributed by atoms with Crippen LogP contribution in [0.25, 0.3) is 0 Å². The molecule has 0 bridgehead atoms. The number of methoxy groups -OCH3 is 2. The van der Waals surface area contributed by atoms with E-state index in [1.54, 1.807) is 37.7 Å². The molecule has 1 aliphatic carbocycles. The molecular weight excluding hydrogens is 420 g/mol.